The third kappa shape index (κ3) is 2.25. The second kappa shape index (κ2) is 4.79. The summed E-state index contributed by atoms with van der Waals surface area (Å²) in [6, 6.07) is 10.7. The predicted octanol–water partition coefficient (Wildman–Crippen LogP) is 2.71. The Morgan fingerprint density at radius 3 is 2.62 bits per heavy atom. The highest BCUT2D eigenvalue weighted by Gasteiger charge is 2.30. The number of rotatable bonds is 2. The summed E-state index contributed by atoms with van der Waals surface area (Å²) in [4.78, 5) is 23.1. The Morgan fingerprint density at radius 1 is 1.14 bits per heavy atom. The number of hydrogen-bond acceptors (Lipinski definition) is 4. The lowest BCUT2D eigenvalue weighted by Gasteiger charge is -2.00. The van der Waals surface area contributed by atoms with E-state index in [1.165, 1.54) is 24.3 Å². The number of aromatic hydroxyl groups is 1. The molecule has 0 fully saturated rings. The van der Waals surface area contributed by atoms with E-state index in [1.807, 2.05) is 0 Å². The average molecular weight is 282 g/mol. The summed E-state index contributed by atoms with van der Waals surface area (Å²) in [5.74, 6) is -1.27. The third-order valence-corrected chi connectivity index (χ3v) is 3.11. The highest BCUT2D eigenvalue weighted by atomic mass is 16.5. The summed E-state index contributed by atoms with van der Waals surface area (Å²) in [5.41, 5.74) is 0.777. The monoisotopic (exact) mass is 282 g/mol. The number of benzene rings is 2. The van der Waals surface area contributed by atoms with Gasteiger partial charge in [0.05, 0.1) is 5.56 Å². The number of aromatic carboxylic acids is 1. The second-order valence-electron chi connectivity index (χ2n) is 4.52. The number of carbonyl (C=O) groups is 2. The van der Waals surface area contributed by atoms with Crippen molar-refractivity contribution >= 4 is 17.8 Å². The number of carbonyl (C=O) groups excluding carboxylic acids is 1. The topological polar surface area (TPSA) is 83.8 Å². The van der Waals surface area contributed by atoms with Gasteiger partial charge in [0.1, 0.15) is 17.1 Å². The summed E-state index contributed by atoms with van der Waals surface area (Å²) in [7, 11) is 0. The molecule has 0 unspecified atom stereocenters. The van der Waals surface area contributed by atoms with E-state index in [0.29, 0.717) is 11.3 Å². The van der Waals surface area contributed by atoms with Crippen LogP contribution in [0.3, 0.4) is 0 Å². The summed E-state index contributed by atoms with van der Waals surface area (Å²) >= 11 is 0. The van der Waals surface area contributed by atoms with Crippen LogP contribution in [0.2, 0.25) is 0 Å². The molecular weight excluding hydrogens is 272 g/mol. The molecule has 0 saturated carbocycles. The Hall–Kier alpha value is -3.08. The molecule has 0 spiro atoms. The van der Waals surface area contributed by atoms with Crippen LogP contribution < -0.4 is 4.74 Å². The van der Waals surface area contributed by atoms with Crippen molar-refractivity contribution in [1.29, 1.82) is 0 Å². The van der Waals surface area contributed by atoms with Crippen LogP contribution in [0.4, 0.5) is 0 Å². The number of hydrogen-bond donors (Lipinski definition) is 2. The molecule has 0 amide bonds. The lowest BCUT2D eigenvalue weighted by Crippen LogP contribution is -1.99. The molecule has 1 aliphatic rings. The quantitative estimate of drug-likeness (QED) is 0.827. The summed E-state index contributed by atoms with van der Waals surface area (Å²) in [6.07, 6.45) is 1.45. The van der Waals surface area contributed by atoms with Crippen LogP contribution in [-0.4, -0.2) is 22.0 Å². The molecule has 0 radical (unpaired) electrons. The normalized spacial score (nSPS) is 14.9. The molecule has 5 nitrogen and oxygen atoms in total. The van der Waals surface area contributed by atoms with Crippen LogP contribution in [-0.2, 0) is 0 Å². The van der Waals surface area contributed by atoms with Crippen LogP contribution >= 0.6 is 0 Å². The number of ether oxygens (including phenoxy) is 1. The minimum absolute atomic E-state index is 0.0500. The zero-order valence-electron chi connectivity index (χ0n) is 10.7. The number of allylic oxidation sites excluding steroid dienone is 1. The fraction of sp³-hybridized carbons (Fsp3) is 0. The van der Waals surface area contributed by atoms with Crippen molar-refractivity contribution in [3.63, 3.8) is 0 Å². The van der Waals surface area contributed by atoms with Crippen LogP contribution in [0.15, 0.2) is 48.2 Å². The number of fused-ring (bicyclic) bond motifs is 1. The Kier molecular flexibility index (Phi) is 2.95. The van der Waals surface area contributed by atoms with E-state index in [9.17, 15) is 14.7 Å². The maximum Gasteiger partial charge on any atom is 0.335 e. The first-order valence-electron chi connectivity index (χ1n) is 6.16. The van der Waals surface area contributed by atoms with E-state index in [0.717, 1.165) is 0 Å². The highest BCUT2D eigenvalue weighted by molar-refractivity contribution is 6.16. The molecule has 0 saturated heterocycles. The zero-order valence-corrected chi connectivity index (χ0v) is 10.7. The van der Waals surface area contributed by atoms with Gasteiger partial charge in [0, 0.05) is 0 Å². The molecule has 21 heavy (non-hydrogen) atoms. The van der Waals surface area contributed by atoms with Gasteiger partial charge in [-0.05, 0) is 35.9 Å². The SMILES string of the molecule is O=C(O)c1cccc(/C=C2\Oc3cccc(O)c3C2=O)c1. The third-order valence-electron chi connectivity index (χ3n) is 3.11. The molecule has 0 aliphatic carbocycles. The van der Waals surface area contributed by atoms with Crippen LogP contribution in [0.1, 0.15) is 26.3 Å². The van der Waals surface area contributed by atoms with Crippen molar-refractivity contribution < 1.29 is 24.5 Å². The van der Waals surface area contributed by atoms with Gasteiger partial charge >= 0.3 is 5.97 Å². The number of phenols is 1. The molecule has 2 aromatic rings. The van der Waals surface area contributed by atoms with Gasteiger partial charge in [0.15, 0.2) is 5.76 Å². The maximum absolute atomic E-state index is 12.2. The van der Waals surface area contributed by atoms with Crippen molar-refractivity contribution in [2.24, 2.45) is 0 Å². The molecule has 0 atom stereocenters. The number of ketones is 1. The van der Waals surface area contributed by atoms with Gasteiger partial charge in [-0.25, -0.2) is 4.79 Å². The van der Waals surface area contributed by atoms with E-state index < -0.39 is 11.8 Å². The molecule has 1 heterocycles. The lowest BCUT2D eigenvalue weighted by molar-refractivity contribution is 0.0696. The fourth-order valence-corrected chi connectivity index (χ4v) is 2.13. The van der Waals surface area contributed by atoms with Gasteiger partial charge in [-0.15, -0.1) is 0 Å². The first kappa shape index (κ1) is 12.9. The molecule has 2 aromatic carbocycles. The molecule has 3 rings (SSSR count). The molecule has 5 heteroatoms. The Balaban J connectivity index is 2.00. The van der Waals surface area contributed by atoms with Gasteiger partial charge in [-0.2, -0.15) is 0 Å². The molecule has 0 bridgehead atoms. The maximum atomic E-state index is 12.2. The molecule has 1 aliphatic heterocycles. The molecule has 104 valence electrons. The Bertz CT molecular complexity index is 789. The minimum Gasteiger partial charge on any atom is -0.507 e. The van der Waals surface area contributed by atoms with Crippen molar-refractivity contribution in [2.45, 2.75) is 0 Å². The first-order valence-corrected chi connectivity index (χ1v) is 6.16. The number of carboxylic acid groups (broad SMARTS) is 1. The average Bonchev–Trinajstić information content (AvgIpc) is 2.77. The predicted molar refractivity (Wildman–Crippen MR) is 74.4 cm³/mol. The number of phenolic OH excluding ortho intramolecular Hbond substituents is 1. The van der Waals surface area contributed by atoms with Gasteiger partial charge in [-0.1, -0.05) is 18.2 Å². The van der Waals surface area contributed by atoms with E-state index in [2.05, 4.69) is 0 Å². The van der Waals surface area contributed by atoms with Crippen molar-refractivity contribution in [3.05, 3.63) is 64.9 Å². The lowest BCUT2D eigenvalue weighted by atomic mass is 10.1. The standard InChI is InChI=1S/C16H10O5/c17-11-5-2-6-12-14(11)15(18)13(21-12)8-9-3-1-4-10(7-9)16(19)20/h1-8,17H,(H,19,20)/b13-8-. The Labute approximate surface area is 119 Å². The number of Topliss-reactive ketones (excluding diaryl/α,β-unsaturated/α-hetero) is 1. The largest absolute Gasteiger partial charge is 0.507 e. The molecule has 0 aromatic heterocycles. The van der Waals surface area contributed by atoms with Gasteiger partial charge < -0.3 is 14.9 Å². The summed E-state index contributed by atoms with van der Waals surface area (Å²) in [5, 5.41) is 18.6. The highest BCUT2D eigenvalue weighted by Crippen LogP contribution is 2.37. The fourth-order valence-electron chi connectivity index (χ4n) is 2.13. The van der Waals surface area contributed by atoms with E-state index in [4.69, 9.17) is 9.84 Å². The molecular formula is C16H10O5. The van der Waals surface area contributed by atoms with Crippen LogP contribution in [0.25, 0.3) is 6.08 Å². The second-order valence-corrected chi connectivity index (χ2v) is 4.52. The van der Waals surface area contributed by atoms with E-state index >= 15 is 0 Å². The van der Waals surface area contributed by atoms with Gasteiger partial charge in [-0.3, -0.25) is 4.79 Å². The van der Waals surface area contributed by atoms with Gasteiger partial charge in [0.25, 0.3) is 0 Å². The van der Waals surface area contributed by atoms with Crippen molar-refractivity contribution in [1.82, 2.24) is 0 Å². The minimum atomic E-state index is -1.05. The van der Waals surface area contributed by atoms with Crippen LogP contribution in [0.5, 0.6) is 11.5 Å². The number of carboxylic acids is 1. The van der Waals surface area contributed by atoms with E-state index in [1.54, 1.807) is 24.3 Å². The van der Waals surface area contributed by atoms with Crippen LogP contribution in [0, 0.1) is 0 Å². The first-order chi connectivity index (χ1) is 10.1. The molecule has 2 N–H and O–H groups in total. The summed E-state index contributed by atoms with van der Waals surface area (Å²) in [6.45, 7) is 0. The smallest absolute Gasteiger partial charge is 0.335 e. The van der Waals surface area contributed by atoms with Gasteiger partial charge in [0.2, 0.25) is 5.78 Å². The zero-order chi connectivity index (χ0) is 15.0. The summed E-state index contributed by atoms with van der Waals surface area (Å²) < 4.78 is 5.41. The van der Waals surface area contributed by atoms with Crippen molar-refractivity contribution in [3.8, 4) is 11.5 Å². The Morgan fingerprint density at radius 2 is 1.90 bits per heavy atom. The van der Waals surface area contributed by atoms with Crippen molar-refractivity contribution in [2.75, 3.05) is 0 Å². The van der Waals surface area contributed by atoms with E-state index in [-0.39, 0.29) is 22.6 Å².